The van der Waals surface area contributed by atoms with E-state index in [4.69, 9.17) is 11.6 Å². The van der Waals surface area contributed by atoms with Gasteiger partial charge in [-0.25, -0.2) is 0 Å². The summed E-state index contributed by atoms with van der Waals surface area (Å²) in [5.74, 6) is 0.734. The first-order valence-electron chi connectivity index (χ1n) is 4.24. The summed E-state index contributed by atoms with van der Waals surface area (Å²) < 4.78 is 0. The van der Waals surface area contributed by atoms with Crippen LogP contribution in [0.5, 0.6) is 0 Å². The van der Waals surface area contributed by atoms with Gasteiger partial charge in [-0.05, 0) is 19.9 Å². The summed E-state index contributed by atoms with van der Waals surface area (Å²) >= 11 is 5.65. The number of alkyl halides is 1. The van der Waals surface area contributed by atoms with E-state index in [-0.39, 0.29) is 0 Å². The van der Waals surface area contributed by atoms with Crippen LogP contribution in [-0.2, 0) is 0 Å². The molecule has 2 heteroatoms. The first-order chi connectivity index (χ1) is 5.35. The average Bonchev–Trinajstić information content (AvgIpc) is 2.01. The van der Waals surface area contributed by atoms with Crippen LogP contribution in [0.25, 0.3) is 0 Å². The fourth-order valence-corrected chi connectivity index (χ4v) is 1.22. The van der Waals surface area contributed by atoms with Crippen LogP contribution in [-0.4, -0.2) is 30.4 Å². The Morgan fingerprint density at radius 1 is 1.36 bits per heavy atom. The molecule has 0 atom stereocenters. The number of rotatable bonds is 6. The zero-order chi connectivity index (χ0) is 8.53. The fourth-order valence-electron chi connectivity index (χ4n) is 0.985. The van der Waals surface area contributed by atoms with E-state index in [1.54, 1.807) is 0 Å². The SMILES string of the molecule is C/C=C/CN(CCC)CCCl. The molecule has 0 aliphatic heterocycles. The minimum Gasteiger partial charge on any atom is -0.299 e. The zero-order valence-electron chi connectivity index (χ0n) is 7.52. The highest BCUT2D eigenvalue weighted by atomic mass is 35.5. The normalized spacial score (nSPS) is 11.6. The highest BCUT2D eigenvalue weighted by Gasteiger charge is 1.98. The van der Waals surface area contributed by atoms with Crippen LogP contribution in [0, 0.1) is 0 Å². The minimum absolute atomic E-state index is 0.734. The largest absolute Gasteiger partial charge is 0.299 e. The summed E-state index contributed by atoms with van der Waals surface area (Å²) in [5, 5.41) is 0. The Morgan fingerprint density at radius 2 is 2.09 bits per heavy atom. The molecule has 66 valence electrons. The molecular formula is C9H18ClN. The Morgan fingerprint density at radius 3 is 2.55 bits per heavy atom. The van der Waals surface area contributed by atoms with Crippen LogP contribution < -0.4 is 0 Å². The quantitative estimate of drug-likeness (QED) is 0.443. The monoisotopic (exact) mass is 175 g/mol. The molecule has 0 spiro atoms. The smallest absolute Gasteiger partial charge is 0.0351 e. The van der Waals surface area contributed by atoms with E-state index in [0.717, 1.165) is 25.5 Å². The second-order valence-electron chi connectivity index (χ2n) is 2.56. The third-order valence-corrected chi connectivity index (χ3v) is 1.71. The average molecular weight is 176 g/mol. The van der Waals surface area contributed by atoms with Gasteiger partial charge in [0.1, 0.15) is 0 Å². The van der Waals surface area contributed by atoms with Crippen molar-refractivity contribution in [3.05, 3.63) is 12.2 Å². The van der Waals surface area contributed by atoms with Crippen molar-refractivity contribution in [2.24, 2.45) is 0 Å². The predicted octanol–water partition coefficient (Wildman–Crippen LogP) is 2.51. The molecular weight excluding hydrogens is 158 g/mol. The summed E-state index contributed by atoms with van der Waals surface area (Å²) in [4.78, 5) is 2.35. The molecule has 11 heavy (non-hydrogen) atoms. The van der Waals surface area contributed by atoms with E-state index < -0.39 is 0 Å². The molecule has 0 N–H and O–H groups in total. The first-order valence-corrected chi connectivity index (χ1v) is 4.78. The van der Waals surface area contributed by atoms with Crippen molar-refractivity contribution in [2.45, 2.75) is 20.3 Å². The summed E-state index contributed by atoms with van der Waals surface area (Å²) in [6.45, 7) is 7.43. The van der Waals surface area contributed by atoms with E-state index in [9.17, 15) is 0 Å². The van der Waals surface area contributed by atoms with Crippen LogP contribution >= 0.6 is 11.6 Å². The zero-order valence-corrected chi connectivity index (χ0v) is 8.27. The molecule has 0 heterocycles. The van der Waals surface area contributed by atoms with Gasteiger partial charge in [0.25, 0.3) is 0 Å². The summed E-state index contributed by atoms with van der Waals surface area (Å²) in [7, 11) is 0. The van der Waals surface area contributed by atoms with Gasteiger partial charge in [0.2, 0.25) is 0 Å². The van der Waals surface area contributed by atoms with Gasteiger partial charge in [-0.3, -0.25) is 4.90 Å². The minimum atomic E-state index is 0.734. The molecule has 0 bridgehead atoms. The Kier molecular flexibility index (Phi) is 8.08. The maximum absolute atomic E-state index is 5.65. The lowest BCUT2D eigenvalue weighted by molar-refractivity contribution is 0.321. The third-order valence-electron chi connectivity index (χ3n) is 1.54. The van der Waals surface area contributed by atoms with E-state index >= 15 is 0 Å². The standard InChI is InChI=1S/C9H18ClN/c1-3-5-8-11(7-4-2)9-6-10/h3,5H,4,6-9H2,1-2H3/b5-3+. The molecule has 0 aliphatic carbocycles. The number of allylic oxidation sites excluding steroid dienone is 1. The van der Waals surface area contributed by atoms with E-state index in [2.05, 4.69) is 24.0 Å². The van der Waals surface area contributed by atoms with Crippen molar-refractivity contribution in [3.8, 4) is 0 Å². The molecule has 0 saturated carbocycles. The van der Waals surface area contributed by atoms with Crippen molar-refractivity contribution < 1.29 is 0 Å². The lowest BCUT2D eigenvalue weighted by Gasteiger charge is -2.17. The van der Waals surface area contributed by atoms with Crippen LogP contribution in [0.15, 0.2) is 12.2 Å². The third kappa shape index (κ3) is 6.39. The molecule has 0 rings (SSSR count). The number of hydrogen-bond donors (Lipinski definition) is 0. The van der Waals surface area contributed by atoms with Crippen molar-refractivity contribution in [2.75, 3.05) is 25.5 Å². The summed E-state index contributed by atoms with van der Waals surface area (Å²) in [5.41, 5.74) is 0. The lowest BCUT2D eigenvalue weighted by atomic mass is 10.4. The Balaban J connectivity index is 3.50. The van der Waals surface area contributed by atoms with Gasteiger partial charge in [0.05, 0.1) is 0 Å². The van der Waals surface area contributed by atoms with Gasteiger partial charge in [-0.1, -0.05) is 19.1 Å². The van der Waals surface area contributed by atoms with E-state index in [0.29, 0.717) is 0 Å². The Hall–Kier alpha value is -0.0100. The maximum Gasteiger partial charge on any atom is 0.0351 e. The predicted molar refractivity (Wildman–Crippen MR) is 52.3 cm³/mol. The molecule has 0 amide bonds. The molecule has 0 aliphatic rings. The van der Waals surface area contributed by atoms with Crippen LogP contribution in [0.4, 0.5) is 0 Å². The van der Waals surface area contributed by atoms with Gasteiger partial charge in [0, 0.05) is 19.0 Å². The van der Waals surface area contributed by atoms with Crippen LogP contribution in [0.2, 0.25) is 0 Å². The van der Waals surface area contributed by atoms with Crippen LogP contribution in [0.3, 0.4) is 0 Å². The van der Waals surface area contributed by atoms with Gasteiger partial charge in [0.15, 0.2) is 0 Å². The highest BCUT2D eigenvalue weighted by molar-refractivity contribution is 6.18. The first kappa shape index (κ1) is 11.0. The van der Waals surface area contributed by atoms with Crippen molar-refractivity contribution in [3.63, 3.8) is 0 Å². The van der Waals surface area contributed by atoms with Gasteiger partial charge < -0.3 is 0 Å². The van der Waals surface area contributed by atoms with E-state index in [1.807, 2.05) is 6.92 Å². The summed E-state index contributed by atoms with van der Waals surface area (Å²) in [6.07, 6.45) is 5.45. The molecule has 0 aromatic heterocycles. The highest BCUT2D eigenvalue weighted by Crippen LogP contribution is 1.92. The molecule has 0 saturated heterocycles. The molecule has 1 nitrogen and oxygen atoms in total. The fraction of sp³-hybridized carbons (Fsp3) is 0.778. The topological polar surface area (TPSA) is 3.24 Å². The second kappa shape index (κ2) is 8.09. The van der Waals surface area contributed by atoms with Gasteiger partial charge in [-0.15, -0.1) is 11.6 Å². The van der Waals surface area contributed by atoms with Gasteiger partial charge >= 0.3 is 0 Å². The molecule has 0 fully saturated rings. The Labute approximate surface area is 75.0 Å². The summed E-state index contributed by atoms with van der Waals surface area (Å²) in [6, 6.07) is 0. The number of nitrogens with zero attached hydrogens (tertiary/aromatic N) is 1. The van der Waals surface area contributed by atoms with Crippen molar-refractivity contribution in [1.29, 1.82) is 0 Å². The second-order valence-corrected chi connectivity index (χ2v) is 2.94. The van der Waals surface area contributed by atoms with E-state index in [1.165, 1.54) is 6.42 Å². The van der Waals surface area contributed by atoms with Crippen LogP contribution in [0.1, 0.15) is 20.3 Å². The number of halogens is 1. The maximum atomic E-state index is 5.65. The molecule has 0 unspecified atom stereocenters. The molecule has 0 aromatic rings. The number of hydrogen-bond acceptors (Lipinski definition) is 1. The van der Waals surface area contributed by atoms with Gasteiger partial charge in [-0.2, -0.15) is 0 Å². The Bertz CT molecular complexity index is 95.7. The lowest BCUT2D eigenvalue weighted by Crippen LogP contribution is -2.26. The van der Waals surface area contributed by atoms with Crippen molar-refractivity contribution >= 4 is 11.6 Å². The molecule has 0 radical (unpaired) electrons. The molecule has 0 aromatic carbocycles. The van der Waals surface area contributed by atoms with Crippen molar-refractivity contribution in [1.82, 2.24) is 4.90 Å².